The molecule has 5 rings (SSSR count). The molecule has 0 radical (unpaired) electrons. The molecule has 4 aromatic carbocycles. The topological polar surface area (TPSA) is 77.8 Å². The molecule has 0 saturated carbocycles. The van der Waals surface area contributed by atoms with Gasteiger partial charge in [-0.25, -0.2) is 4.90 Å². The Labute approximate surface area is 246 Å². The van der Waals surface area contributed by atoms with Crippen LogP contribution in [0.15, 0.2) is 97.1 Å². The van der Waals surface area contributed by atoms with Crippen molar-refractivity contribution in [2.75, 3.05) is 4.90 Å². The molecule has 2 amide bonds. The van der Waals surface area contributed by atoms with E-state index in [0.29, 0.717) is 16.8 Å². The number of hydrogen-bond donors (Lipinski definition) is 2. The van der Waals surface area contributed by atoms with Crippen LogP contribution in [-0.4, -0.2) is 22.0 Å². The first-order valence-electron chi connectivity index (χ1n) is 14.6. The lowest BCUT2D eigenvalue weighted by Gasteiger charge is -2.32. The van der Waals surface area contributed by atoms with Crippen LogP contribution in [0.2, 0.25) is 0 Å². The second-order valence-corrected chi connectivity index (χ2v) is 8.26. The molecule has 1 aliphatic heterocycles. The van der Waals surface area contributed by atoms with Gasteiger partial charge < -0.3 is 10.2 Å². The summed E-state index contributed by atoms with van der Waals surface area (Å²) in [4.78, 5) is 26.9. The van der Waals surface area contributed by atoms with Crippen molar-refractivity contribution in [2.24, 2.45) is 0 Å². The Bertz CT molecular complexity index is 1280. The number of nitrogens with zero attached hydrogens (tertiary/aromatic N) is 1. The quantitative estimate of drug-likeness (QED) is 0.194. The Morgan fingerprint density at radius 3 is 1.10 bits per heavy atom. The number of benzene rings is 4. The van der Waals surface area contributed by atoms with Gasteiger partial charge in [-0.05, 0) is 72.1 Å². The van der Waals surface area contributed by atoms with Gasteiger partial charge in [-0.2, -0.15) is 0 Å². The zero-order chi connectivity index (χ0) is 31.2. The van der Waals surface area contributed by atoms with Crippen LogP contribution in [0.5, 0.6) is 11.5 Å². The van der Waals surface area contributed by atoms with Crippen molar-refractivity contribution in [3.05, 3.63) is 125 Å². The van der Waals surface area contributed by atoms with E-state index in [0.717, 1.165) is 16.7 Å². The Morgan fingerprint density at radius 2 is 0.780 bits per heavy atom. The lowest BCUT2D eigenvalue weighted by Crippen LogP contribution is -2.30. The molecule has 41 heavy (non-hydrogen) atoms. The minimum absolute atomic E-state index is 0.174. The van der Waals surface area contributed by atoms with Gasteiger partial charge in [0.2, 0.25) is 0 Å². The average Bonchev–Trinajstić information content (AvgIpc) is 3.30. The van der Waals surface area contributed by atoms with Crippen LogP contribution in [0, 0.1) is 0 Å². The standard InChI is InChI=1S/C28H21NO4.4C2H6/c1-28(19-8-14-22(30)15-9-19,20-10-16-23(31)17-11-20)18-6-12-21(13-7-18)29-26(32)24-4-2-3-5-25(24)27(29)33;4*1-2/h2-17,30-31H,1H3;4*1-2H3. The molecule has 0 aromatic heterocycles. The summed E-state index contributed by atoms with van der Waals surface area (Å²) in [5, 5.41) is 19.6. The largest absolute Gasteiger partial charge is 0.508 e. The van der Waals surface area contributed by atoms with E-state index in [1.54, 1.807) is 60.7 Å². The Morgan fingerprint density at radius 1 is 0.488 bits per heavy atom. The van der Waals surface area contributed by atoms with Gasteiger partial charge in [0, 0.05) is 5.41 Å². The maximum atomic E-state index is 12.9. The SMILES string of the molecule is CC.CC.CC.CC.CC(c1ccc(O)cc1)(c1ccc(O)cc1)c1ccc(N2C(=O)c3ccccc3C2=O)cc1. The molecule has 0 aliphatic carbocycles. The lowest BCUT2D eigenvalue weighted by molar-refractivity contribution is 0.0926. The number of imide groups is 1. The summed E-state index contributed by atoms with van der Waals surface area (Å²) in [7, 11) is 0. The summed E-state index contributed by atoms with van der Waals surface area (Å²) >= 11 is 0. The van der Waals surface area contributed by atoms with Crippen molar-refractivity contribution in [3.8, 4) is 11.5 Å². The van der Waals surface area contributed by atoms with E-state index < -0.39 is 5.41 Å². The summed E-state index contributed by atoms with van der Waals surface area (Å²) < 4.78 is 0. The van der Waals surface area contributed by atoms with Crippen LogP contribution >= 0.6 is 0 Å². The number of phenols is 2. The summed E-state index contributed by atoms with van der Waals surface area (Å²) in [6.07, 6.45) is 0. The molecule has 2 N–H and O–H groups in total. The Kier molecular flexibility index (Phi) is 14.1. The second-order valence-electron chi connectivity index (χ2n) is 8.26. The molecule has 4 aromatic rings. The fourth-order valence-corrected chi connectivity index (χ4v) is 4.46. The first-order valence-corrected chi connectivity index (χ1v) is 14.6. The number of aromatic hydroxyl groups is 2. The predicted octanol–water partition coefficient (Wildman–Crippen LogP) is 9.36. The monoisotopic (exact) mass is 555 g/mol. The van der Waals surface area contributed by atoms with Gasteiger partial charge in [0.05, 0.1) is 16.8 Å². The number of carbonyl (C=O) groups is 2. The number of fused-ring (bicyclic) bond motifs is 1. The fourth-order valence-electron chi connectivity index (χ4n) is 4.46. The molecular weight excluding hydrogens is 510 g/mol. The highest BCUT2D eigenvalue weighted by atomic mass is 16.3. The van der Waals surface area contributed by atoms with E-state index in [4.69, 9.17) is 0 Å². The molecule has 0 atom stereocenters. The molecule has 1 heterocycles. The third-order valence-corrected chi connectivity index (χ3v) is 6.39. The van der Waals surface area contributed by atoms with Gasteiger partial charge in [-0.15, -0.1) is 0 Å². The number of hydrogen-bond acceptors (Lipinski definition) is 4. The normalized spacial score (nSPS) is 11.3. The summed E-state index contributed by atoms with van der Waals surface area (Å²) in [6.45, 7) is 18.1. The highest BCUT2D eigenvalue weighted by Crippen LogP contribution is 2.41. The molecule has 0 fully saturated rings. The molecule has 5 heteroatoms. The van der Waals surface area contributed by atoms with E-state index in [1.807, 2.05) is 91.8 Å². The maximum Gasteiger partial charge on any atom is 0.266 e. The molecule has 0 spiro atoms. The number of anilines is 1. The first-order chi connectivity index (χ1) is 19.9. The molecule has 0 unspecified atom stereocenters. The van der Waals surface area contributed by atoms with E-state index in [9.17, 15) is 19.8 Å². The van der Waals surface area contributed by atoms with Crippen molar-refractivity contribution >= 4 is 17.5 Å². The highest BCUT2D eigenvalue weighted by Gasteiger charge is 2.37. The molecule has 218 valence electrons. The minimum Gasteiger partial charge on any atom is -0.508 e. The third-order valence-electron chi connectivity index (χ3n) is 6.39. The van der Waals surface area contributed by atoms with E-state index >= 15 is 0 Å². The first kappa shape index (κ1) is 34.6. The molecule has 5 nitrogen and oxygen atoms in total. The van der Waals surface area contributed by atoms with Crippen LogP contribution in [0.3, 0.4) is 0 Å². The number of phenolic OH excluding ortho intramolecular Hbond substituents is 2. The fraction of sp³-hybridized carbons (Fsp3) is 0.278. The van der Waals surface area contributed by atoms with Crippen molar-refractivity contribution in [1.29, 1.82) is 0 Å². The van der Waals surface area contributed by atoms with Gasteiger partial charge in [-0.3, -0.25) is 9.59 Å². The van der Waals surface area contributed by atoms with Gasteiger partial charge in [0.25, 0.3) is 11.8 Å². The van der Waals surface area contributed by atoms with Crippen molar-refractivity contribution in [3.63, 3.8) is 0 Å². The third kappa shape index (κ3) is 7.23. The number of rotatable bonds is 4. The second kappa shape index (κ2) is 16.7. The minimum atomic E-state index is -0.609. The number of carbonyl (C=O) groups excluding carboxylic acids is 2. The average molecular weight is 556 g/mol. The van der Waals surface area contributed by atoms with Gasteiger partial charge >= 0.3 is 0 Å². The number of amides is 2. The molecule has 1 aliphatic rings. The molecule has 0 saturated heterocycles. The van der Waals surface area contributed by atoms with Gasteiger partial charge in [0.1, 0.15) is 11.5 Å². The predicted molar refractivity (Wildman–Crippen MR) is 171 cm³/mol. The Hall–Kier alpha value is -4.38. The highest BCUT2D eigenvalue weighted by molar-refractivity contribution is 6.34. The van der Waals surface area contributed by atoms with Crippen molar-refractivity contribution in [2.45, 2.75) is 67.7 Å². The summed E-state index contributed by atoms with van der Waals surface area (Å²) in [5.74, 6) is -0.313. The molecular formula is C36H45NO4. The van der Waals surface area contributed by atoms with Crippen LogP contribution in [0.4, 0.5) is 5.69 Å². The van der Waals surface area contributed by atoms with Crippen molar-refractivity contribution in [1.82, 2.24) is 0 Å². The van der Waals surface area contributed by atoms with Crippen LogP contribution in [0.25, 0.3) is 0 Å². The smallest absolute Gasteiger partial charge is 0.266 e. The van der Waals surface area contributed by atoms with Crippen LogP contribution in [-0.2, 0) is 5.41 Å². The van der Waals surface area contributed by atoms with Gasteiger partial charge in [-0.1, -0.05) is 104 Å². The molecule has 0 bridgehead atoms. The van der Waals surface area contributed by atoms with Crippen LogP contribution < -0.4 is 4.90 Å². The van der Waals surface area contributed by atoms with E-state index in [2.05, 4.69) is 6.92 Å². The lowest BCUT2D eigenvalue weighted by atomic mass is 9.71. The zero-order valence-electron chi connectivity index (χ0n) is 25.9. The van der Waals surface area contributed by atoms with E-state index in [1.165, 1.54) is 4.90 Å². The van der Waals surface area contributed by atoms with Crippen LogP contribution in [0.1, 0.15) is 99.7 Å². The van der Waals surface area contributed by atoms with Crippen molar-refractivity contribution < 1.29 is 19.8 Å². The Balaban J connectivity index is 0.000000969. The van der Waals surface area contributed by atoms with Gasteiger partial charge in [0.15, 0.2) is 0 Å². The summed E-state index contributed by atoms with van der Waals surface area (Å²) in [5.41, 5.74) is 3.53. The maximum absolute atomic E-state index is 12.9. The summed E-state index contributed by atoms with van der Waals surface area (Å²) in [6, 6.07) is 28.2. The van der Waals surface area contributed by atoms with E-state index in [-0.39, 0.29) is 23.3 Å². The zero-order valence-corrected chi connectivity index (χ0v) is 25.9.